The van der Waals surface area contributed by atoms with Gasteiger partial charge in [0.2, 0.25) is 0 Å². The number of nitrogens with zero attached hydrogens (tertiary/aromatic N) is 4. The monoisotopic (exact) mass is 467 g/mol. The number of likely N-dealkylation sites (tertiary alicyclic amines) is 1. The Balaban J connectivity index is 0.00000312. The fraction of sp³-hybridized carbons (Fsp3) is 0.944. The molecule has 0 aromatic heterocycles. The van der Waals surface area contributed by atoms with Gasteiger partial charge in [0.25, 0.3) is 0 Å². The molecule has 0 radical (unpaired) electrons. The molecule has 6 nitrogen and oxygen atoms in total. The van der Waals surface area contributed by atoms with Crippen LogP contribution in [0.5, 0.6) is 0 Å². The van der Waals surface area contributed by atoms with Crippen LogP contribution in [0.1, 0.15) is 33.6 Å². The Bertz CT molecular complexity index is 366. The first-order valence-electron chi connectivity index (χ1n) is 9.86. The molecule has 2 heterocycles. The average molecular weight is 467 g/mol. The van der Waals surface area contributed by atoms with Crippen molar-refractivity contribution in [2.24, 2.45) is 4.99 Å². The third-order valence-corrected chi connectivity index (χ3v) is 5.07. The molecule has 7 heteroatoms. The van der Waals surface area contributed by atoms with Crippen molar-refractivity contribution in [2.45, 2.75) is 39.7 Å². The van der Waals surface area contributed by atoms with Crippen LogP contribution >= 0.6 is 24.0 Å². The van der Waals surface area contributed by atoms with Crippen molar-refractivity contribution < 1.29 is 4.74 Å². The largest absolute Gasteiger partial charge is 0.378 e. The van der Waals surface area contributed by atoms with Gasteiger partial charge in [0.05, 0.1) is 12.6 Å². The second-order valence-electron chi connectivity index (χ2n) is 6.65. The van der Waals surface area contributed by atoms with Crippen molar-refractivity contribution in [1.82, 2.24) is 20.0 Å². The van der Waals surface area contributed by atoms with Crippen LogP contribution in [-0.2, 0) is 4.74 Å². The van der Waals surface area contributed by atoms with E-state index in [1.807, 2.05) is 0 Å². The van der Waals surface area contributed by atoms with E-state index < -0.39 is 0 Å². The lowest BCUT2D eigenvalue weighted by atomic mass is 10.1. The molecule has 2 aliphatic heterocycles. The maximum absolute atomic E-state index is 5.75. The van der Waals surface area contributed by atoms with Crippen LogP contribution in [0.4, 0.5) is 0 Å². The van der Waals surface area contributed by atoms with Gasteiger partial charge in [0, 0.05) is 59.0 Å². The molecule has 0 aliphatic carbocycles. The van der Waals surface area contributed by atoms with E-state index in [1.54, 1.807) is 0 Å². The van der Waals surface area contributed by atoms with E-state index in [4.69, 9.17) is 9.73 Å². The van der Waals surface area contributed by atoms with E-state index in [9.17, 15) is 0 Å². The topological polar surface area (TPSA) is 43.3 Å². The minimum Gasteiger partial charge on any atom is -0.378 e. The molecule has 0 bridgehead atoms. The molecular weight excluding hydrogens is 429 g/mol. The number of guanidine groups is 1. The van der Waals surface area contributed by atoms with E-state index in [2.05, 4.69) is 40.8 Å². The molecule has 2 aliphatic rings. The molecule has 148 valence electrons. The zero-order valence-corrected chi connectivity index (χ0v) is 18.7. The summed E-state index contributed by atoms with van der Waals surface area (Å²) in [6.07, 6.45) is 2.65. The van der Waals surface area contributed by atoms with Gasteiger partial charge in [-0.1, -0.05) is 6.92 Å². The SMILES string of the molecule is CCNC(=NCCN1CCN(CC)CC1)N1CCC(OCC)CC1.I. The van der Waals surface area contributed by atoms with Crippen LogP contribution < -0.4 is 5.32 Å². The molecule has 25 heavy (non-hydrogen) atoms. The zero-order chi connectivity index (χ0) is 17.2. The summed E-state index contributed by atoms with van der Waals surface area (Å²) in [6, 6.07) is 0. The van der Waals surface area contributed by atoms with Gasteiger partial charge in [0.1, 0.15) is 0 Å². The third-order valence-electron chi connectivity index (χ3n) is 5.07. The summed E-state index contributed by atoms with van der Waals surface area (Å²) in [5.41, 5.74) is 0. The highest BCUT2D eigenvalue weighted by atomic mass is 127. The quantitative estimate of drug-likeness (QED) is 0.351. The number of nitrogens with one attached hydrogen (secondary N) is 1. The zero-order valence-electron chi connectivity index (χ0n) is 16.4. The van der Waals surface area contributed by atoms with Crippen LogP contribution in [-0.4, -0.2) is 98.8 Å². The fourth-order valence-corrected chi connectivity index (χ4v) is 3.52. The molecule has 2 fully saturated rings. The predicted octanol–water partition coefficient (Wildman–Crippen LogP) is 1.71. The summed E-state index contributed by atoms with van der Waals surface area (Å²) in [4.78, 5) is 12.3. The lowest BCUT2D eigenvalue weighted by Gasteiger charge is -2.35. The lowest BCUT2D eigenvalue weighted by molar-refractivity contribution is 0.0263. The Kier molecular flexibility index (Phi) is 12.0. The number of halogens is 1. The maximum atomic E-state index is 5.75. The highest BCUT2D eigenvalue weighted by Gasteiger charge is 2.21. The lowest BCUT2D eigenvalue weighted by Crippen LogP contribution is -2.48. The third kappa shape index (κ3) is 7.97. The standard InChI is InChI=1S/C18H37N5O.HI/c1-4-19-18(23-10-7-17(8-11-23)24-6-3)20-9-12-22-15-13-21(5-2)14-16-22;/h17H,4-16H2,1-3H3,(H,19,20);1H. The number of hydrogen-bond acceptors (Lipinski definition) is 4. The molecule has 1 N–H and O–H groups in total. The van der Waals surface area contributed by atoms with Gasteiger partial charge in [-0.15, -0.1) is 24.0 Å². The average Bonchev–Trinajstić information content (AvgIpc) is 2.62. The normalized spacial score (nSPS) is 21.2. The van der Waals surface area contributed by atoms with Gasteiger partial charge >= 0.3 is 0 Å². The number of hydrogen-bond donors (Lipinski definition) is 1. The fourth-order valence-electron chi connectivity index (χ4n) is 3.52. The van der Waals surface area contributed by atoms with Gasteiger partial charge in [-0.25, -0.2) is 0 Å². The second-order valence-corrected chi connectivity index (χ2v) is 6.65. The first-order chi connectivity index (χ1) is 11.8. The first-order valence-corrected chi connectivity index (χ1v) is 9.86. The minimum atomic E-state index is 0. The Hall–Kier alpha value is -0.120. The Morgan fingerprint density at radius 1 is 1.00 bits per heavy atom. The van der Waals surface area contributed by atoms with E-state index in [0.29, 0.717) is 6.10 Å². The van der Waals surface area contributed by atoms with Crippen molar-refractivity contribution >= 4 is 29.9 Å². The molecule has 0 aromatic rings. The van der Waals surface area contributed by atoms with Crippen molar-refractivity contribution in [1.29, 1.82) is 0 Å². The molecule has 0 unspecified atom stereocenters. The molecule has 2 rings (SSSR count). The number of ether oxygens (including phenoxy) is 1. The summed E-state index contributed by atoms with van der Waals surface area (Å²) in [5.74, 6) is 1.08. The van der Waals surface area contributed by atoms with E-state index in [0.717, 1.165) is 58.1 Å². The summed E-state index contributed by atoms with van der Waals surface area (Å²) < 4.78 is 5.75. The second kappa shape index (κ2) is 13.1. The van der Waals surface area contributed by atoms with Crippen molar-refractivity contribution in [3.05, 3.63) is 0 Å². The molecule has 0 saturated carbocycles. The molecular formula is C18H38IN5O. The highest BCUT2D eigenvalue weighted by molar-refractivity contribution is 14.0. The number of piperazine rings is 1. The van der Waals surface area contributed by atoms with E-state index in [1.165, 1.54) is 32.7 Å². The molecule has 2 saturated heterocycles. The number of likely N-dealkylation sites (N-methyl/N-ethyl adjacent to an activating group) is 1. The van der Waals surface area contributed by atoms with Crippen LogP contribution in [0.25, 0.3) is 0 Å². The number of rotatable bonds is 7. The number of piperidine rings is 1. The van der Waals surface area contributed by atoms with Crippen LogP contribution in [0.2, 0.25) is 0 Å². The summed E-state index contributed by atoms with van der Waals surface area (Å²) in [7, 11) is 0. The minimum absolute atomic E-state index is 0. The maximum Gasteiger partial charge on any atom is 0.193 e. The first kappa shape index (κ1) is 22.9. The van der Waals surface area contributed by atoms with Crippen LogP contribution in [0.3, 0.4) is 0 Å². The van der Waals surface area contributed by atoms with E-state index >= 15 is 0 Å². The molecule has 0 atom stereocenters. The Labute approximate surface area is 171 Å². The van der Waals surface area contributed by atoms with Gasteiger partial charge in [-0.2, -0.15) is 0 Å². The van der Waals surface area contributed by atoms with Gasteiger partial charge in [0.15, 0.2) is 5.96 Å². The Morgan fingerprint density at radius 2 is 1.64 bits per heavy atom. The number of aliphatic imine (C=N–C) groups is 1. The van der Waals surface area contributed by atoms with Gasteiger partial charge in [-0.05, 0) is 33.2 Å². The van der Waals surface area contributed by atoms with Crippen molar-refractivity contribution in [3.63, 3.8) is 0 Å². The van der Waals surface area contributed by atoms with Crippen molar-refractivity contribution in [2.75, 3.05) is 72.1 Å². The molecule has 0 aromatic carbocycles. The Morgan fingerprint density at radius 3 is 2.20 bits per heavy atom. The smallest absolute Gasteiger partial charge is 0.193 e. The van der Waals surface area contributed by atoms with E-state index in [-0.39, 0.29) is 24.0 Å². The van der Waals surface area contributed by atoms with Gasteiger partial charge < -0.3 is 19.9 Å². The summed E-state index contributed by atoms with van der Waals surface area (Å²) in [5, 5.41) is 3.46. The van der Waals surface area contributed by atoms with Crippen molar-refractivity contribution in [3.8, 4) is 0 Å². The van der Waals surface area contributed by atoms with Crippen LogP contribution in [0, 0.1) is 0 Å². The molecule has 0 amide bonds. The highest BCUT2D eigenvalue weighted by Crippen LogP contribution is 2.13. The van der Waals surface area contributed by atoms with Crippen LogP contribution in [0.15, 0.2) is 4.99 Å². The van der Waals surface area contributed by atoms with Gasteiger partial charge in [-0.3, -0.25) is 9.89 Å². The predicted molar refractivity (Wildman–Crippen MR) is 116 cm³/mol. The summed E-state index contributed by atoms with van der Waals surface area (Å²) in [6.45, 7) is 18.2. The summed E-state index contributed by atoms with van der Waals surface area (Å²) >= 11 is 0. The molecule has 0 spiro atoms.